The molecule has 0 amide bonds. The molecule has 0 aliphatic rings. The van der Waals surface area contributed by atoms with Crippen LogP contribution in [0.5, 0.6) is 0 Å². The Morgan fingerprint density at radius 2 is 1.96 bits per heavy atom. The lowest BCUT2D eigenvalue weighted by molar-refractivity contribution is 0.311. The van der Waals surface area contributed by atoms with Crippen LogP contribution in [0.4, 0.5) is 5.82 Å². The van der Waals surface area contributed by atoms with E-state index in [0.29, 0.717) is 17.9 Å². The molecule has 0 radical (unpaired) electrons. The molecule has 0 saturated carbocycles. The lowest BCUT2D eigenvalue weighted by Crippen LogP contribution is -2.08. The molecular weight excluding hydrogens is 372 g/mol. The summed E-state index contributed by atoms with van der Waals surface area (Å²) in [5.74, 6) is 0.618. The van der Waals surface area contributed by atoms with Crippen LogP contribution in [-0.4, -0.2) is 38.7 Å². The summed E-state index contributed by atoms with van der Waals surface area (Å²) in [7, 11) is 0. The highest BCUT2D eigenvalue weighted by atomic mass is 32.1. The van der Waals surface area contributed by atoms with Crippen molar-refractivity contribution in [1.29, 1.82) is 5.26 Å². The normalized spacial score (nSPS) is 11.1. The van der Waals surface area contributed by atoms with Crippen molar-refractivity contribution in [2.45, 2.75) is 20.3 Å². The number of aliphatic hydroxyl groups excluding tert-OH is 1. The van der Waals surface area contributed by atoms with Crippen molar-refractivity contribution in [3.8, 4) is 6.07 Å². The van der Waals surface area contributed by atoms with Crippen LogP contribution in [0.2, 0.25) is 0 Å². The van der Waals surface area contributed by atoms with Gasteiger partial charge in [-0.3, -0.25) is 0 Å². The van der Waals surface area contributed by atoms with Gasteiger partial charge in [0.15, 0.2) is 5.82 Å². The van der Waals surface area contributed by atoms with Crippen LogP contribution in [-0.2, 0) is 6.42 Å². The Morgan fingerprint density at radius 3 is 2.68 bits per heavy atom. The summed E-state index contributed by atoms with van der Waals surface area (Å²) >= 11 is 1.53. The molecule has 0 fully saturated rings. The van der Waals surface area contributed by atoms with Gasteiger partial charge in [-0.2, -0.15) is 5.26 Å². The predicted molar refractivity (Wildman–Crippen MR) is 110 cm³/mol. The zero-order valence-corrected chi connectivity index (χ0v) is 16.3. The monoisotopic (exact) mass is 390 g/mol. The molecule has 0 atom stereocenters. The molecule has 0 saturated heterocycles. The number of nitrogens with one attached hydrogen (secondary N) is 1. The average molecular weight is 390 g/mol. The van der Waals surface area contributed by atoms with Gasteiger partial charge in [-0.05, 0) is 54.3 Å². The van der Waals surface area contributed by atoms with Gasteiger partial charge in [0.1, 0.15) is 15.0 Å². The molecule has 7 nitrogen and oxygen atoms in total. The zero-order chi connectivity index (χ0) is 19.7. The van der Waals surface area contributed by atoms with Gasteiger partial charge in [0.2, 0.25) is 0 Å². The number of nitriles is 1. The van der Waals surface area contributed by atoms with Gasteiger partial charge in [-0.25, -0.2) is 4.98 Å². The van der Waals surface area contributed by atoms with Crippen LogP contribution in [0, 0.1) is 25.2 Å². The molecule has 2 N–H and O–H groups in total. The highest BCUT2D eigenvalue weighted by Gasteiger charge is 2.18. The average Bonchev–Trinajstić information content (AvgIpc) is 3.08. The first-order chi connectivity index (χ1) is 13.6. The number of aryl methyl sites for hydroxylation is 2. The summed E-state index contributed by atoms with van der Waals surface area (Å²) in [6.45, 7) is 4.52. The predicted octanol–water partition coefficient (Wildman–Crippen LogP) is 3.12. The maximum Gasteiger partial charge on any atom is 0.170 e. The van der Waals surface area contributed by atoms with Gasteiger partial charge in [0, 0.05) is 17.6 Å². The Labute approximate surface area is 165 Å². The molecule has 28 heavy (non-hydrogen) atoms. The van der Waals surface area contributed by atoms with Crippen molar-refractivity contribution in [1.82, 2.24) is 20.4 Å². The minimum absolute atomic E-state index is 0.0154. The van der Waals surface area contributed by atoms with Crippen molar-refractivity contribution < 1.29 is 5.11 Å². The molecule has 1 aromatic carbocycles. The van der Waals surface area contributed by atoms with Gasteiger partial charge in [0.25, 0.3) is 0 Å². The van der Waals surface area contributed by atoms with Crippen molar-refractivity contribution in [2.75, 3.05) is 18.5 Å². The SMILES string of the molecule is Cc1nc2sc3c(NCCO)nnnc3c2c(C)c1Cc1ccc(C#N)cc1. The minimum atomic E-state index is 0.0154. The number of aromatic nitrogens is 4. The summed E-state index contributed by atoms with van der Waals surface area (Å²) in [4.78, 5) is 5.72. The van der Waals surface area contributed by atoms with Crippen LogP contribution in [0.1, 0.15) is 27.9 Å². The molecule has 4 rings (SSSR count). The third-order valence-corrected chi connectivity index (χ3v) is 5.85. The first-order valence-corrected chi connectivity index (χ1v) is 9.69. The first kappa shape index (κ1) is 18.2. The van der Waals surface area contributed by atoms with Crippen molar-refractivity contribution in [2.24, 2.45) is 0 Å². The Hall–Kier alpha value is -3.15. The van der Waals surface area contributed by atoms with Crippen molar-refractivity contribution >= 4 is 37.6 Å². The summed E-state index contributed by atoms with van der Waals surface area (Å²) in [6.07, 6.45) is 0.734. The summed E-state index contributed by atoms with van der Waals surface area (Å²) in [5, 5.41) is 34.4. The molecule has 3 aromatic heterocycles. The van der Waals surface area contributed by atoms with Crippen LogP contribution < -0.4 is 5.32 Å². The maximum atomic E-state index is 9.08. The maximum absolute atomic E-state index is 9.08. The Kier molecular flexibility index (Phi) is 4.86. The summed E-state index contributed by atoms with van der Waals surface area (Å²) < 4.78 is 0.893. The minimum Gasteiger partial charge on any atom is -0.395 e. The number of aliphatic hydroxyl groups is 1. The van der Waals surface area contributed by atoms with E-state index in [0.717, 1.165) is 49.2 Å². The van der Waals surface area contributed by atoms with Crippen LogP contribution >= 0.6 is 11.3 Å². The van der Waals surface area contributed by atoms with E-state index < -0.39 is 0 Å². The van der Waals surface area contributed by atoms with E-state index in [9.17, 15) is 0 Å². The van der Waals surface area contributed by atoms with Gasteiger partial charge in [-0.1, -0.05) is 12.1 Å². The topological polar surface area (TPSA) is 108 Å². The number of anilines is 1. The lowest BCUT2D eigenvalue weighted by atomic mass is 9.97. The second-order valence-electron chi connectivity index (χ2n) is 6.53. The molecular formula is C20H18N6OS. The Balaban J connectivity index is 1.84. The molecule has 140 valence electrons. The highest BCUT2D eigenvalue weighted by Crippen LogP contribution is 2.38. The fourth-order valence-electron chi connectivity index (χ4n) is 3.33. The molecule has 8 heteroatoms. The molecule has 0 bridgehead atoms. The largest absolute Gasteiger partial charge is 0.395 e. The number of nitrogens with zero attached hydrogens (tertiary/aromatic N) is 5. The van der Waals surface area contributed by atoms with E-state index in [4.69, 9.17) is 15.4 Å². The van der Waals surface area contributed by atoms with E-state index in [1.807, 2.05) is 31.2 Å². The number of thiophene rings is 1. The van der Waals surface area contributed by atoms with Gasteiger partial charge in [0.05, 0.1) is 18.2 Å². The van der Waals surface area contributed by atoms with Crippen molar-refractivity contribution in [3.05, 3.63) is 52.2 Å². The molecule has 0 aliphatic heterocycles. The van der Waals surface area contributed by atoms with E-state index in [1.54, 1.807) is 0 Å². The fraction of sp³-hybridized carbons (Fsp3) is 0.250. The number of pyridine rings is 1. The third kappa shape index (κ3) is 3.15. The van der Waals surface area contributed by atoms with E-state index in [1.165, 1.54) is 11.3 Å². The molecule has 0 aliphatic carbocycles. The van der Waals surface area contributed by atoms with Crippen LogP contribution in [0.3, 0.4) is 0 Å². The Bertz CT molecular complexity index is 1210. The smallest absolute Gasteiger partial charge is 0.170 e. The Morgan fingerprint density at radius 1 is 1.18 bits per heavy atom. The van der Waals surface area contributed by atoms with Crippen LogP contribution in [0.25, 0.3) is 20.4 Å². The third-order valence-electron chi connectivity index (χ3n) is 4.77. The van der Waals surface area contributed by atoms with Crippen LogP contribution in [0.15, 0.2) is 24.3 Å². The fourth-order valence-corrected chi connectivity index (χ4v) is 4.51. The first-order valence-electron chi connectivity index (χ1n) is 8.87. The van der Waals surface area contributed by atoms with E-state index in [-0.39, 0.29) is 6.61 Å². The summed E-state index contributed by atoms with van der Waals surface area (Å²) in [6, 6.07) is 9.78. The van der Waals surface area contributed by atoms with E-state index in [2.05, 4.69) is 33.7 Å². The van der Waals surface area contributed by atoms with Crippen molar-refractivity contribution in [3.63, 3.8) is 0 Å². The van der Waals surface area contributed by atoms with Gasteiger partial charge >= 0.3 is 0 Å². The summed E-state index contributed by atoms with van der Waals surface area (Å²) in [5.41, 5.74) is 5.82. The van der Waals surface area contributed by atoms with Gasteiger partial charge < -0.3 is 10.4 Å². The van der Waals surface area contributed by atoms with Gasteiger partial charge in [-0.15, -0.1) is 21.5 Å². The second-order valence-corrected chi connectivity index (χ2v) is 7.53. The zero-order valence-electron chi connectivity index (χ0n) is 15.5. The number of hydrogen-bond acceptors (Lipinski definition) is 8. The lowest BCUT2D eigenvalue weighted by Gasteiger charge is -2.11. The number of fused-ring (bicyclic) bond motifs is 3. The molecule has 0 unspecified atom stereocenters. The molecule has 0 spiro atoms. The quantitative estimate of drug-likeness (QED) is 0.539. The standard InChI is InChI=1S/C20H18N6OS/c1-11-15(9-13-3-5-14(10-21)6-4-13)12(2)23-20-16(11)17-18(28-20)19(22-7-8-27)25-26-24-17/h3-6,27H,7-9H2,1-2H3,(H,22,24,25). The second kappa shape index (κ2) is 7.46. The number of rotatable bonds is 5. The molecule has 4 aromatic rings. The number of benzene rings is 1. The molecule has 3 heterocycles. The highest BCUT2D eigenvalue weighted by molar-refractivity contribution is 7.26. The van der Waals surface area contributed by atoms with E-state index >= 15 is 0 Å². The number of hydrogen-bond donors (Lipinski definition) is 2.